The highest BCUT2D eigenvalue weighted by Crippen LogP contribution is 2.36. The molecule has 0 radical (unpaired) electrons. The average Bonchev–Trinajstić information content (AvgIpc) is 2.67. The molecule has 0 N–H and O–H groups in total. The third-order valence-electron chi connectivity index (χ3n) is 2.91. The highest BCUT2D eigenvalue weighted by Gasteiger charge is 2.53. The molecule has 1 atom stereocenters. The van der Waals surface area contributed by atoms with E-state index in [-0.39, 0.29) is 5.91 Å². The normalized spacial score (nSPS) is 33.6. The summed E-state index contributed by atoms with van der Waals surface area (Å²) in [5.74, 6) is 2.15. The van der Waals surface area contributed by atoms with Crippen LogP contribution in [-0.4, -0.2) is 57.7 Å². The Morgan fingerprint density at radius 1 is 1.57 bits per heavy atom. The number of amides is 1. The van der Waals surface area contributed by atoms with Crippen molar-refractivity contribution in [3.05, 3.63) is 0 Å². The molecule has 0 spiro atoms. The van der Waals surface area contributed by atoms with Crippen LogP contribution >= 0.6 is 24.6 Å². The van der Waals surface area contributed by atoms with E-state index in [1.54, 1.807) is 18.9 Å². The van der Waals surface area contributed by atoms with Gasteiger partial charge in [0.2, 0.25) is 0 Å². The Morgan fingerprint density at radius 3 is 3.00 bits per heavy atom. The van der Waals surface area contributed by atoms with Gasteiger partial charge in [-0.05, 0) is 4.52 Å². The van der Waals surface area contributed by atoms with Crippen LogP contribution in [0.1, 0.15) is 6.92 Å². The lowest BCUT2D eigenvalue weighted by molar-refractivity contribution is -0.937. The molecule has 2 fully saturated rings. The molecule has 2 aliphatic heterocycles. The molecule has 14 heavy (non-hydrogen) atoms. The molecular formula is C8H16N3OS2+. The summed E-state index contributed by atoms with van der Waals surface area (Å²) in [6.45, 7) is 5.48. The highest BCUT2D eigenvalue weighted by atomic mass is 32.2. The lowest BCUT2D eigenvalue weighted by atomic mass is 10.4. The van der Waals surface area contributed by atoms with Gasteiger partial charge >= 0.3 is 5.91 Å². The second kappa shape index (κ2) is 4.02. The first-order chi connectivity index (χ1) is 6.70. The van der Waals surface area contributed by atoms with Crippen LogP contribution in [0.4, 0.5) is 0 Å². The van der Waals surface area contributed by atoms with Crippen LogP contribution in [-0.2, 0) is 4.79 Å². The van der Waals surface area contributed by atoms with Crippen LogP contribution in [0.5, 0.6) is 0 Å². The van der Waals surface area contributed by atoms with E-state index in [0.717, 1.165) is 37.7 Å². The van der Waals surface area contributed by atoms with E-state index >= 15 is 0 Å². The van der Waals surface area contributed by atoms with Crippen molar-refractivity contribution >= 4 is 30.5 Å². The number of nitrogens with zero attached hydrogens (tertiary/aromatic N) is 3. The summed E-state index contributed by atoms with van der Waals surface area (Å²) >= 11 is 6.00. The van der Waals surface area contributed by atoms with Gasteiger partial charge in [0.15, 0.2) is 0 Å². The number of hydrazine groups is 1. The smallest absolute Gasteiger partial charge is 0.229 e. The molecule has 0 aromatic rings. The van der Waals surface area contributed by atoms with Crippen LogP contribution in [0.25, 0.3) is 0 Å². The zero-order valence-corrected chi connectivity index (χ0v) is 10.1. The minimum atomic E-state index is 0.261. The van der Waals surface area contributed by atoms with Crippen molar-refractivity contribution in [3.63, 3.8) is 0 Å². The number of fused-ring (bicyclic) bond motifs is 1. The molecule has 0 bridgehead atoms. The number of carbonyl (C=O) groups is 1. The first-order valence-electron chi connectivity index (χ1n) is 4.88. The Hall–Kier alpha value is 0.250. The second-order valence-electron chi connectivity index (χ2n) is 3.65. The predicted octanol–water partition coefficient (Wildman–Crippen LogP) is 0.389. The van der Waals surface area contributed by atoms with Crippen molar-refractivity contribution in [1.29, 1.82) is 0 Å². The quantitative estimate of drug-likeness (QED) is 0.424. The molecule has 1 amide bonds. The number of hydrogen-bond acceptors (Lipinski definition) is 5. The number of quaternary nitrogens is 1. The zero-order chi connectivity index (χ0) is 10.2. The number of hydrogen-bond donors (Lipinski definition) is 1. The zero-order valence-electron chi connectivity index (χ0n) is 8.35. The lowest BCUT2D eigenvalue weighted by Crippen LogP contribution is -2.55. The van der Waals surface area contributed by atoms with Crippen molar-refractivity contribution in [2.24, 2.45) is 0 Å². The Labute approximate surface area is 94.3 Å². The van der Waals surface area contributed by atoms with Crippen LogP contribution in [0.2, 0.25) is 0 Å². The van der Waals surface area contributed by atoms with Crippen molar-refractivity contribution in [1.82, 2.24) is 9.53 Å². The third kappa shape index (κ3) is 1.49. The maximum absolute atomic E-state index is 11.7. The van der Waals surface area contributed by atoms with Crippen LogP contribution in [0, 0.1) is 0 Å². The van der Waals surface area contributed by atoms with Gasteiger partial charge in [-0.3, -0.25) is 0 Å². The van der Waals surface area contributed by atoms with E-state index in [1.807, 2.05) is 0 Å². The van der Waals surface area contributed by atoms with Gasteiger partial charge in [0.1, 0.15) is 13.1 Å². The van der Waals surface area contributed by atoms with E-state index in [9.17, 15) is 4.79 Å². The molecule has 4 nitrogen and oxygen atoms in total. The van der Waals surface area contributed by atoms with Gasteiger partial charge in [0.05, 0.1) is 19.2 Å². The number of carbonyl (C=O) groups excluding carboxylic acids is 1. The van der Waals surface area contributed by atoms with Gasteiger partial charge in [0, 0.05) is 24.2 Å². The van der Waals surface area contributed by atoms with E-state index < -0.39 is 0 Å². The molecule has 1 unspecified atom stereocenters. The maximum Gasteiger partial charge on any atom is 0.331 e. The first-order valence-corrected chi connectivity index (χ1v) is 6.46. The third-order valence-corrected chi connectivity index (χ3v) is 4.25. The van der Waals surface area contributed by atoms with Crippen LogP contribution < -0.4 is 0 Å². The van der Waals surface area contributed by atoms with E-state index in [1.165, 1.54) is 0 Å². The van der Waals surface area contributed by atoms with Crippen LogP contribution in [0.3, 0.4) is 0 Å². The van der Waals surface area contributed by atoms with Gasteiger partial charge in [-0.1, -0.05) is 0 Å². The molecule has 2 rings (SSSR count). The summed E-state index contributed by atoms with van der Waals surface area (Å²) in [6, 6.07) is 0. The van der Waals surface area contributed by atoms with Gasteiger partial charge in [-0.15, -0.1) is 0 Å². The van der Waals surface area contributed by atoms with Crippen LogP contribution in [0.15, 0.2) is 0 Å². The Kier molecular flexibility index (Phi) is 3.09. The summed E-state index contributed by atoms with van der Waals surface area (Å²) in [6.07, 6.45) is 0. The summed E-state index contributed by atoms with van der Waals surface area (Å²) in [5.41, 5.74) is 0. The monoisotopic (exact) mass is 234 g/mol. The van der Waals surface area contributed by atoms with E-state index in [4.69, 9.17) is 0 Å². The van der Waals surface area contributed by atoms with Gasteiger partial charge in [0.25, 0.3) is 0 Å². The highest BCUT2D eigenvalue weighted by molar-refractivity contribution is 7.97. The maximum atomic E-state index is 11.7. The fourth-order valence-electron chi connectivity index (χ4n) is 2.11. The summed E-state index contributed by atoms with van der Waals surface area (Å²) in [5, 5.41) is 2.24. The molecule has 80 valence electrons. The summed E-state index contributed by atoms with van der Waals surface area (Å²) in [7, 11) is 0. The standard InChI is InChI=1S/C8H15N3OS2/c1-8(12)11-4-2-9(3-6-13)10(11)14-7-5-11/h2-7H2,1H3/p+1. The molecule has 2 heterocycles. The van der Waals surface area contributed by atoms with E-state index in [0.29, 0.717) is 4.59 Å². The Bertz CT molecular complexity index is 251. The minimum Gasteiger partial charge on any atom is -0.229 e. The SMILES string of the molecule is CC(=O)[N+]12CCSN1N(CCS)CC2. The van der Waals surface area contributed by atoms with E-state index in [2.05, 4.69) is 22.2 Å². The first kappa shape index (κ1) is 10.8. The molecule has 0 aliphatic carbocycles. The number of thiol groups is 1. The second-order valence-corrected chi connectivity index (χ2v) is 5.09. The molecule has 0 aromatic heterocycles. The average molecular weight is 234 g/mol. The molecular weight excluding hydrogens is 218 g/mol. The van der Waals surface area contributed by atoms with Gasteiger partial charge in [-0.2, -0.15) is 22.2 Å². The fourth-order valence-corrected chi connectivity index (χ4v) is 3.71. The largest absolute Gasteiger partial charge is 0.331 e. The lowest BCUT2D eigenvalue weighted by Gasteiger charge is -2.31. The summed E-state index contributed by atoms with van der Waals surface area (Å²) < 4.78 is 2.68. The minimum absolute atomic E-state index is 0.261. The van der Waals surface area contributed by atoms with Crippen molar-refractivity contribution in [3.8, 4) is 0 Å². The summed E-state index contributed by atoms with van der Waals surface area (Å²) in [4.78, 5) is 11.7. The molecule has 0 aromatic carbocycles. The number of rotatable bonds is 2. The van der Waals surface area contributed by atoms with Crippen molar-refractivity contribution in [2.45, 2.75) is 6.92 Å². The fraction of sp³-hybridized carbons (Fsp3) is 0.875. The molecule has 2 saturated heterocycles. The topological polar surface area (TPSA) is 23.6 Å². The Morgan fingerprint density at radius 2 is 2.36 bits per heavy atom. The van der Waals surface area contributed by atoms with Gasteiger partial charge < -0.3 is 0 Å². The molecule has 6 heteroatoms. The molecule has 2 aliphatic rings. The Balaban J connectivity index is 2.15. The predicted molar refractivity (Wildman–Crippen MR) is 60.4 cm³/mol. The van der Waals surface area contributed by atoms with Gasteiger partial charge in [-0.25, -0.2) is 4.79 Å². The van der Waals surface area contributed by atoms with Crippen molar-refractivity contribution < 1.29 is 9.39 Å². The molecule has 0 saturated carbocycles. The van der Waals surface area contributed by atoms with Crippen molar-refractivity contribution in [2.75, 3.05) is 37.7 Å².